The number of amides is 1. The lowest BCUT2D eigenvalue weighted by atomic mass is 9.98. The predicted molar refractivity (Wildman–Crippen MR) is 124 cm³/mol. The maximum Gasteiger partial charge on any atom is 0.266 e. The first kappa shape index (κ1) is 21.9. The van der Waals surface area contributed by atoms with Gasteiger partial charge in [-0.1, -0.05) is 55.3 Å². The first-order valence-electron chi connectivity index (χ1n) is 9.60. The molecule has 154 valence electrons. The molecule has 1 atom stereocenters. The van der Waals surface area contributed by atoms with Crippen LogP contribution in [0.5, 0.6) is 0 Å². The molecule has 1 aromatic heterocycles. The molecule has 0 fully saturated rings. The highest BCUT2D eigenvalue weighted by Crippen LogP contribution is 2.25. The maximum absolute atomic E-state index is 13.3. The Labute approximate surface area is 184 Å². The number of carbonyl (C=O) groups excluding carboxylic acids is 1. The second-order valence-corrected chi connectivity index (χ2v) is 8.25. The lowest BCUT2D eigenvalue weighted by Crippen LogP contribution is -2.26. The number of benzene rings is 2. The Hall–Kier alpha value is -2.75. The molecular formula is C23H22ClN3O2S. The molecule has 0 bridgehead atoms. The van der Waals surface area contributed by atoms with Gasteiger partial charge in [0.15, 0.2) is 5.16 Å². The van der Waals surface area contributed by atoms with Crippen LogP contribution in [0, 0.1) is 12.3 Å². The fourth-order valence-electron chi connectivity index (χ4n) is 2.98. The van der Waals surface area contributed by atoms with Crippen LogP contribution in [0.3, 0.4) is 0 Å². The largest absolute Gasteiger partial charge is 0.344 e. The molecule has 0 aliphatic heterocycles. The van der Waals surface area contributed by atoms with Crippen molar-refractivity contribution in [1.29, 1.82) is 0 Å². The molecule has 0 saturated heterocycles. The molecule has 1 N–H and O–H groups in total. The van der Waals surface area contributed by atoms with Gasteiger partial charge in [0.25, 0.3) is 5.56 Å². The number of thioether (sulfide) groups is 1. The highest BCUT2D eigenvalue weighted by atomic mass is 35.5. The van der Waals surface area contributed by atoms with Crippen molar-refractivity contribution < 1.29 is 4.79 Å². The van der Waals surface area contributed by atoms with Gasteiger partial charge in [-0.25, -0.2) is 4.98 Å². The number of carbonyl (C=O) groups is 1. The van der Waals surface area contributed by atoms with Crippen LogP contribution in [0.25, 0.3) is 16.6 Å². The Morgan fingerprint density at radius 2 is 2.03 bits per heavy atom. The third-order valence-electron chi connectivity index (χ3n) is 4.85. The van der Waals surface area contributed by atoms with Gasteiger partial charge in [-0.3, -0.25) is 14.2 Å². The van der Waals surface area contributed by atoms with Gasteiger partial charge >= 0.3 is 0 Å². The van der Waals surface area contributed by atoms with E-state index in [1.807, 2.05) is 24.3 Å². The van der Waals surface area contributed by atoms with Crippen molar-refractivity contribution in [3.05, 3.63) is 63.4 Å². The number of nitrogens with zero attached hydrogens (tertiary/aromatic N) is 2. The zero-order valence-corrected chi connectivity index (χ0v) is 18.4. The van der Waals surface area contributed by atoms with E-state index in [9.17, 15) is 9.59 Å². The van der Waals surface area contributed by atoms with Crippen LogP contribution in [0.4, 0.5) is 0 Å². The highest BCUT2D eigenvalue weighted by molar-refractivity contribution is 7.99. The van der Waals surface area contributed by atoms with E-state index in [0.29, 0.717) is 32.7 Å². The molecule has 7 heteroatoms. The molecule has 0 aliphatic rings. The normalized spacial score (nSPS) is 11.8. The van der Waals surface area contributed by atoms with E-state index in [1.165, 1.54) is 21.9 Å². The number of rotatable bonds is 7. The maximum atomic E-state index is 13.3. The number of aromatic nitrogens is 2. The summed E-state index contributed by atoms with van der Waals surface area (Å²) in [7, 11) is 0. The van der Waals surface area contributed by atoms with Gasteiger partial charge in [-0.15, -0.1) is 6.42 Å². The molecule has 0 saturated carbocycles. The van der Waals surface area contributed by atoms with E-state index >= 15 is 0 Å². The molecule has 5 nitrogen and oxygen atoms in total. The molecule has 0 spiro atoms. The zero-order valence-electron chi connectivity index (χ0n) is 16.8. The summed E-state index contributed by atoms with van der Waals surface area (Å²) in [5, 5.41) is 3.94. The number of hydrogen-bond donors (Lipinski definition) is 1. The molecule has 3 aromatic rings. The SMILES string of the molecule is C#CCNC(=O)CSc1nc2ccc(Cl)cc2c(=O)n1-c1ccc(C(C)CC)cc1. The van der Waals surface area contributed by atoms with Crippen molar-refractivity contribution in [2.45, 2.75) is 31.3 Å². The molecule has 2 aromatic carbocycles. The molecule has 30 heavy (non-hydrogen) atoms. The first-order valence-corrected chi connectivity index (χ1v) is 11.0. The van der Waals surface area contributed by atoms with Gasteiger partial charge in [0.2, 0.25) is 5.91 Å². The number of halogens is 1. The summed E-state index contributed by atoms with van der Waals surface area (Å²) >= 11 is 7.29. The summed E-state index contributed by atoms with van der Waals surface area (Å²) in [4.78, 5) is 30.0. The summed E-state index contributed by atoms with van der Waals surface area (Å²) in [6.07, 6.45) is 6.21. The van der Waals surface area contributed by atoms with Gasteiger partial charge in [-0.2, -0.15) is 0 Å². The van der Waals surface area contributed by atoms with Crippen LogP contribution in [0.2, 0.25) is 5.02 Å². The van der Waals surface area contributed by atoms with Crippen LogP contribution in [-0.2, 0) is 4.79 Å². The fourth-order valence-corrected chi connectivity index (χ4v) is 3.99. The average Bonchev–Trinajstić information content (AvgIpc) is 2.76. The zero-order chi connectivity index (χ0) is 21.7. The van der Waals surface area contributed by atoms with Gasteiger partial charge in [0, 0.05) is 5.02 Å². The summed E-state index contributed by atoms with van der Waals surface area (Å²) in [5.74, 6) is 2.67. The van der Waals surface area contributed by atoms with Gasteiger partial charge < -0.3 is 5.32 Å². The number of terminal acetylenes is 1. The average molecular weight is 440 g/mol. The van der Waals surface area contributed by atoms with Gasteiger partial charge in [0.1, 0.15) is 0 Å². The van der Waals surface area contributed by atoms with Crippen molar-refractivity contribution in [2.24, 2.45) is 0 Å². The molecular weight excluding hydrogens is 418 g/mol. The van der Waals surface area contributed by atoms with E-state index in [0.717, 1.165) is 6.42 Å². The molecule has 1 unspecified atom stereocenters. The Morgan fingerprint density at radius 1 is 1.30 bits per heavy atom. The third-order valence-corrected chi connectivity index (χ3v) is 6.03. The Kier molecular flexibility index (Phi) is 7.20. The summed E-state index contributed by atoms with van der Waals surface area (Å²) in [5.41, 5.74) is 2.19. The minimum atomic E-state index is -0.231. The molecule has 0 radical (unpaired) electrons. The second kappa shape index (κ2) is 9.84. The monoisotopic (exact) mass is 439 g/mol. The van der Waals surface area contributed by atoms with Crippen molar-refractivity contribution in [3.8, 4) is 18.0 Å². The molecule has 0 aliphatic carbocycles. The molecule has 1 heterocycles. The van der Waals surface area contributed by atoms with Crippen LogP contribution < -0.4 is 10.9 Å². The standard InChI is InChI=1S/C23H22ClN3O2S/c1-4-12-25-21(28)14-30-23-26-20-11-8-17(24)13-19(20)22(29)27(23)18-9-6-16(7-10-18)15(3)5-2/h1,6-11,13,15H,5,12,14H2,2-3H3,(H,25,28). The van der Waals surface area contributed by atoms with Crippen LogP contribution in [0.1, 0.15) is 31.7 Å². The quantitative estimate of drug-likeness (QED) is 0.337. The highest BCUT2D eigenvalue weighted by Gasteiger charge is 2.15. The minimum Gasteiger partial charge on any atom is -0.344 e. The fraction of sp³-hybridized carbons (Fsp3) is 0.261. The number of hydrogen-bond acceptors (Lipinski definition) is 4. The Balaban J connectivity index is 2.07. The predicted octanol–water partition coefficient (Wildman–Crippen LogP) is 4.39. The Morgan fingerprint density at radius 3 is 2.70 bits per heavy atom. The van der Waals surface area contributed by atoms with E-state index in [2.05, 4.69) is 30.1 Å². The van der Waals surface area contributed by atoms with Crippen molar-refractivity contribution in [1.82, 2.24) is 14.9 Å². The van der Waals surface area contributed by atoms with E-state index in [1.54, 1.807) is 18.2 Å². The third kappa shape index (κ3) is 4.86. The van der Waals surface area contributed by atoms with E-state index in [-0.39, 0.29) is 23.8 Å². The molecule has 3 rings (SSSR count). The Bertz CT molecular complexity index is 1170. The summed E-state index contributed by atoms with van der Waals surface area (Å²) in [6.45, 7) is 4.46. The van der Waals surface area contributed by atoms with Gasteiger partial charge in [0.05, 0.1) is 28.9 Å². The minimum absolute atomic E-state index is 0.0954. The van der Waals surface area contributed by atoms with Crippen LogP contribution in [-0.4, -0.2) is 27.8 Å². The van der Waals surface area contributed by atoms with E-state index in [4.69, 9.17) is 18.0 Å². The first-order chi connectivity index (χ1) is 14.4. The van der Waals surface area contributed by atoms with Crippen LogP contribution in [0.15, 0.2) is 52.4 Å². The summed E-state index contributed by atoms with van der Waals surface area (Å²) < 4.78 is 1.53. The molecule has 1 amide bonds. The van der Waals surface area contributed by atoms with Crippen LogP contribution >= 0.6 is 23.4 Å². The number of nitrogens with one attached hydrogen (secondary N) is 1. The smallest absolute Gasteiger partial charge is 0.266 e. The van der Waals surface area contributed by atoms with Crippen molar-refractivity contribution in [3.63, 3.8) is 0 Å². The summed E-state index contributed by atoms with van der Waals surface area (Å²) in [6, 6.07) is 12.9. The van der Waals surface area contributed by atoms with E-state index < -0.39 is 0 Å². The lowest BCUT2D eigenvalue weighted by molar-refractivity contribution is -0.118. The number of fused-ring (bicyclic) bond motifs is 1. The lowest BCUT2D eigenvalue weighted by Gasteiger charge is -2.15. The van der Waals surface area contributed by atoms with Crippen molar-refractivity contribution >= 4 is 40.2 Å². The topological polar surface area (TPSA) is 64.0 Å². The second-order valence-electron chi connectivity index (χ2n) is 6.87. The van der Waals surface area contributed by atoms with Gasteiger partial charge in [-0.05, 0) is 48.2 Å². The van der Waals surface area contributed by atoms with Crippen molar-refractivity contribution in [2.75, 3.05) is 12.3 Å².